The summed E-state index contributed by atoms with van der Waals surface area (Å²) in [5, 5.41) is 0. The van der Waals surface area contributed by atoms with Gasteiger partial charge in [0, 0.05) is 12.8 Å². The van der Waals surface area contributed by atoms with Gasteiger partial charge in [-0.1, -0.05) is 19.1 Å². The van der Waals surface area contributed by atoms with Crippen LogP contribution < -0.4 is 0 Å². The van der Waals surface area contributed by atoms with Crippen molar-refractivity contribution in [3.8, 4) is 0 Å². The molecule has 106 valence electrons. The van der Waals surface area contributed by atoms with E-state index >= 15 is 0 Å². The van der Waals surface area contributed by atoms with Crippen LogP contribution in [0.1, 0.15) is 37.7 Å². The van der Waals surface area contributed by atoms with E-state index in [1.807, 2.05) is 12.1 Å². The van der Waals surface area contributed by atoms with Crippen LogP contribution in [0.5, 0.6) is 0 Å². The monoisotopic (exact) mass is 281 g/mol. The highest BCUT2D eigenvalue weighted by molar-refractivity contribution is 7.90. The zero-order chi connectivity index (χ0) is 13.9. The molecule has 19 heavy (non-hydrogen) atoms. The highest BCUT2D eigenvalue weighted by Crippen LogP contribution is 2.27. The van der Waals surface area contributed by atoms with Crippen LogP contribution in [-0.2, 0) is 9.84 Å². The van der Waals surface area contributed by atoms with Crippen LogP contribution in [0.2, 0.25) is 0 Å². The maximum Gasteiger partial charge on any atom is 0.175 e. The fourth-order valence-corrected chi connectivity index (χ4v) is 3.46. The van der Waals surface area contributed by atoms with Gasteiger partial charge in [-0.3, -0.25) is 0 Å². The summed E-state index contributed by atoms with van der Waals surface area (Å²) in [6.07, 6.45) is 4.89. The summed E-state index contributed by atoms with van der Waals surface area (Å²) in [6.45, 7) is 5.68. The third-order valence-corrected chi connectivity index (χ3v) is 4.95. The van der Waals surface area contributed by atoms with Crippen LogP contribution >= 0.6 is 0 Å². The molecular formula is C15H23NO2S. The third-order valence-electron chi connectivity index (χ3n) is 3.83. The van der Waals surface area contributed by atoms with Crippen LogP contribution in [0, 0.1) is 0 Å². The lowest BCUT2D eigenvalue weighted by atomic mass is 9.90. The third kappa shape index (κ3) is 3.80. The molecule has 0 spiro atoms. The Bertz CT molecular complexity index is 505. The number of benzene rings is 1. The number of hydrogen-bond acceptors (Lipinski definition) is 3. The van der Waals surface area contributed by atoms with E-state index in [-0.39, 0.29) is 0 Å². The lowest BCUT2D eigenvalue weighted by Crippen LogP contribution is -2.34. The number of nitrogens with zero attached hydrogens (tertiary/aromatic N) is 1. The smallest absolute Gasteiger partial charge is 0.175 e. The second-order valence-corrected chi connectivity index (χ2v) is 7.50. The molecule has 1 fully saturated rings. The van der Waals surface area contributed by atoms with Gasteiger partial charge in [0.05, 0.1) is 4.90 Å². The minimum Gasteiger partial charge on any atom is -0.303 e. The van der Waals surface area contributed by atoms with Crippen molar-refractivity contribution >= 4 is 9.84 Å². The molecule has 0 aromatic heterocycles. The maximum atomic E-state index is 11.4. The molecule has 2 rings (SSSR count). The van der Waals surface area contributed by atoms with E-state index in [0.717, 1.165) is 13.1 Å². The van der Waals surface area contributed by atoms with Gasteiger partial charge in [-0.15, -0.1) is 0 Å². The second kappa shape index (κ2) is 6.06. The van der Waals surface area contributed by atoms with E-state index in [1.54, 1.807) is 12.1 Å². The van der Waals surface area contributed by atoms with Gasteiger partial charge in [0.1, 0.15) is 0 Å². The Hall–Kier alpha value is -0.870. The Kier molecular flexibility index (Phi) is 4.63. The molecule has 0 aliphatic carbocycles. The Morgan fingerprint density at radius 2 is 1.95 bits per heavy atom. The Morgan fingerprint density at radius 1 is 1.26 bits per heavy atom. The van der Waals surface area contributed by atoms with Crippen molar-refractivity contribution in [3.05, 3.63) is 29.8 Å². The first-order valence-electron chi connectivity index (χ1n) is 7.03. The molecule has 1 unspecified atom stereocenters. The van der Waals surface area contributed by atoms with Gasteiger partial charge >= 0.3 is 0 Å². The fourth-order valence-electron chi connectivity index (χ4n) is 2.83. The zero-order valence-corrected chi connectivity index (χ0v) is 12.6. The maximum absolute atomic E-state index is 11.4. The molecule has 0 N–H and O–H groups in total. The Labute approximate surface area is 116 Å². The first-order valence-corrected chi connectivity index (χ1v) is 8.92. The van der Waals surface area contributed by atoms with Gasteiger partial charge in [0.25, 0.3) is 0 Å². The lowest BCUT2D eigenvalue weighted by molar-refractivity contribution is 0.208. The van der Waals surface area contributed by atoms with E-state index in [2.05, 4.69) is 11.8 Å². The highest BCUT2D eigenvalue weighted by atomic mass is 32.2. The predicted octanol–water partition coefficient (Wildman–Crippen LogP) is 2.68. The molecule has 4 heteroatoms. The van der Waals surface area contributed by atoms with Crippen molar-refractivity contribution in [2.24, 2.45) is 0 Å². The van der Waals surface area contributed by atoms with Gasteiger partial charge < -0.3 is 4.90 Å². The molecule has 0 saturated carbocycles. The minimum absolute atomic E-state index is 0.414. The van der Waals surface area contributed by atoms with Crippen LogP contribution in [0.4, 0.5) is 0 Å². The number of piperidine rings is 1. The van der Waals surface area contributed by atoms with Crippen molar-refractivity contribution in [1.29, 1.82) is 0 Å². The number of likely N-dealkylation sites (tertiary alicyclic amines) is 1. The van der Waals surface area contributed by atoms with Gasteiger partial charge in [0.2, 0.25) is 0 Å². The molecule has 1 heterocycles. The lowest BCUT2D eigenvalue weighted by Gasteiger charge is -2.32. The summed E-state index contributed by atoms with van der Waals surface area (Å²) in [5.41, 5.74) is 1.27. The molecule has 3 nitrogen and oxygen atoms in total. The average molecular weight is 281 g/mol. The summed E-state index contributed by atoms with van der Waals surface area (Å²) in [7, 11) is -3.08. The van der Waals surface area contributed by atoms with E-state index in [1.165, 1.54) is 37.6 Å². The van der Waals surface area contributed by atoms with Crippen molar-refractivity contribution in [2.75, 3.05) is 25.9 Å². The summed E-state index contributed by atoms with van der Waals surface area (Å²) < 4.78 is 22.9. The Balaban J connectivity index is 2.09. The SMILES string of the molecule is CCCN1CCCC(c2ccc(S(C)(=O)=O)cc2)C1. The molecule has 0 amide bonds. The van der Waals surface area contributed by atoms with Gasteiger partial charge in [-0.2, -0.15) is 0 Å². The van der Waals surface area contributed by atoms with Gasteiger partial charge in [0.15, 0.2) is 9.84 Å². The standard InChI is InChI=1S/C15H23NO2S/c1-3-10-16-11-4-5-14(12-16)13-6-8-15(9-7-13)19(2,17)18/h6-9,14H,3-5,10-12H2,1-2H3. The summed E-state index contributed by atoms with van der Waals surface area (Å²) in [4.78, 5) is 2.93. The molecule has 1 saturated heterocycles. The molecule has 1 aromatic carbocycles. The van der Waals surface area contributed by atoms with E-state index < -0.39 is 9.84 Å². The van der Waals surface area contributed by atoms with Crippen LogP contribution in [0.3, 0.4) is 0 Å². The van der Waals surface area contributed by atoms with Crippen molar-refractivity contribution in [3.63, 3.8) is 0 Å². The molecule has 1 aliphatic heterocycles. The van der Waals surface area contributed by atoms with Gasteiger partial charge in [-0.05, 0) is 56.0 Å². The van der Waals surface area contributed by atoms with Crippen LogP contribution in [0.15, 0.2) is 29.2 Å². The van der Waals surface area contributed by atoms with Gasteiger partial charge in [-0.25, -0.2) is 8.42 Å². The quantitative estimate of drug-likeness (QED) is 0.851. The van der Waals surface area contributed by atoms with E-state index in [9.17, 15) is 8.42 Å². The van der Waals surface area contributed by atoms with E-state index in [0.29, 0.717) is 10.8 Å². The molecule has 0 bridgehead atoms. The molecule has 1 aliphatic rings. The van der Waals surface area contributed by atoms with Crippen molar-refractivity contribution < 1.29 is 8.42 Å². The second-order valence-electron chi connectivity index (χ2n) is 5.48. The first-order chi connectivity index (χ1) is 9.00. The summed E-state index contributed by atoms with van der Waals surface area (Å²) in [5.74, 6) is 0.550. The zero-order valence-electron chi connectivity index (χ0n) is 11.8. The number of rotatable bonds is 4. The van der Waals surface area contributed by atoms with Crippen molar-refractivity contribution in [2.45, 2.75) is 37.0 Å². The van der Waals surface area contributed by atoms with Crippen LogP contribution in [-0.4, -0.2) is 39.2 Å². The average Bonchev–Trinajstić information content (AvgIpc) is 2.39. The predicted molar refractivity (Wildman–Crippen MR) is 78.3 cm³/mol. The summed E-state index contributed by atoms with van der Waals surface area (Å²) in [6, 6.07) is 7.44. The number of sulfone groups is 1. The molecular weight excluding hydrogens is 258 g/mol. The van der Waals surface area contributed by atoms with Crippen LogP contribution in [0.25, 0.3) is 0 Å². The topological polar surface area (TPSA) is 37.4 Å². The minimum atomic E-state index is -3.08. The molecule has 0 radical (unpaired) electrons. The Morgan fingerprint density at radius 3 is 2.53 bits per heavy atom. The van der Waals surface area contributed by atoms with Crippen molar-refractivity contribution in [1.82, 2.24) is 4.90 Å². The molecule has 1 atom stereocenters. The summed E-state index contributed by atoms with van der Waals surface area (Å²) >= 11 is 0. The van der Waals surface area contributed by atoms with E-state index in [4.69, 9.17) is 0 Å². The molecule has 1 aromatic rings. The largest absolute Gasteiger partial charge is 0.303 e. The first kappa shape index (κ1) is 14.5. The fraction of sp³-hybridized carbons (Fsp3) is 0.600. The number of hydrogen-bond donors (Lipinski definition) is 0. The normalized spacial score (nSPS) is 21.5. The highest BCUT2D eigenvalue weighted by Gasteiger charge is 2.20.